The summed E-state index contributed by atoms with van der Waals surface area (Å²) in [6.45, 7) is 5.10. The van der Waals surface area contributed by atoms with Gasteiger partial charge in [0.2, 0.25) is 0 Å². The number of hydrogen-bond donors (Lipinski definition) is 0. The Morgan fingerprint density at radius 1 is 1.50 bits per heavy atom. The number of methoxy groups -OCH3 is 1. The van der Waals surface area contributed by atoms with Crippen LogP contribution in [0.25, 0.3) is 0 Å². The lowest BCUT2D eigenvalue weighted by Crippen LogP contribution is -2.08. The van der Waals surface area contributed by atoms with Gasteiger partial charge in [0.05, 0.1) is 19.3 Å². The minimum Gasteiger partial charge on any atom is -0.496 e. The molecule has 1 atom stereocenters. The van der Waals surface area contributed by atoms with E-state index in [0.29, 0.717) is 0 Å². The molecule has 0 spiro atoms. The molecule has 14 heavy (non-hydrogen) atoms. The number of epoxide rings is 1. The summed E-state index contributed by atoms with van der Waals surface area (Å²) in [5.74, 6) is 0.954. The van der Waals surface area contributed by atoms with E-state index in [2.05, 4.69) is 26.0 Å². The van der Waals surface area contributed by atoms with E-state index in [9.17, 15) is 0 Å². The Kier molecular flexibility index (Phi) is 2.23. The molecule has 1 saturated heterocycles. The molecule has 0 bridgehead atoms. The van der Waals surface area contributed by atoms with E-state index < -0.39 is 0 Å². The van der Waals surface area contributed by atoms with E-state index in [1.54, 1.807) is 7.11 Å². The number of ether oxygens (including phenoxy) is 2. The van der Waals surface area contributed by atoms with Crippen molar-refractivity contribution < 1.29 is 9.47 Å². The number of hydrogen-bond acceptors (Lipinski definition) is 2. The molecule has 1 aromatic rings. The van der Waals surface area contributed by atoms with Crippen LogP contribution >= 0.6 is 0 Å². The van der Waals surface area contributed by atoms with Crippen molar-refractivity contribution in [3.8, 4) is 5.75 Å². The first-order chi connectivity index (χ1) is 6.63. The third-order valence-electron chi connectivity index (χ3n) is 2.67. The first-order valence-corrected chi connectivity index (χ1v) is 4.90. The van der Waals surface area contributed by atoms with Gasteiger partial charge in [0.25, 0.3) is 0 Å². The molecule has 1 unspecified atom stereocenters. The molecule has 2 heteroatoms. The molecule has 0 amide bonds. The number of aryl methyl sites for hydroxylation is 1. The Labute approximate surface area is 84.8 Å². The van der Waals surface area contributed by atoms with Crippen LogP contribution in [-0.2, 0) is 11.2 Å². The van der Waals surface area contributed by atoms with Crippen LogP contribution in [0, 0.1) is 6.92 Å². The lowest BCUT2D eigenvalue weighted by atomic mass is 10.0. The highest BCUT2D eigenvalue weighted by Crippen LogP contribution is 2.31. The van der Waals surface area contributed by atoms with Crippen molar-refractivity contribution >= 4 is 0 Å². The second kappa shape index (κ2) is 3.28. The average molecular weight is 192 g/mol. The Balaban J connectivity index is 2.15. The zero-order valence-electron chi connectivity index (χ0n) is 8.96. The van der Waals surface area contributed by atoms with E-state index in [1.807, 2.05) is 6.07 Å². The summed E-state index contributed by atoms with van der Waals surface area (Å²) in [6.07, 6.45) is 0.998. The maximum absolute atomic E-state index is 5.37. The first-order valence-electron chi connectivity index (χ1n) is 4.90. The van der Waals surface area contributed by atoms with Crippen LogP contribution < -0.4 is 4.74 Å². The lowest BCUT2D eigenvalue weighted by molar-refractivity contribution is 0.322. The van der Waals surface area contributed by atoms with E-state index in [1.165, 1.54) is 11.1 Å². The summed E-state index contributed by atoms with van der Waals surface area (Å²) >= 11 is 0. The van der Waals surface area contributed by atoms with E-state index in [4.69, 9.17) is 9.47 Å². The molecule has 0 aliphatic carbocycles. The molecule has 1 aliphatic rings. The van der Waals surface area contributed by atoms with Gasteiger partial charge >= 0.3 is 0 Å². The Hall–Kier alpha value is -1.02. The maximum Gasteiger partial charge on any atom is 0.121 e. The summed E-state index contributed by atoms with van der Waals surface area (Å²) < 4.78 is 10.6. The van der Waals surface area contributed by atoms with Crippen molar-refractivity contribution in [1.82, 2.24) is 0 Å². The monoisotopic (exact) mass is 192 g/mol. The van der Waals surface area contributed by atoms with Crippen LogP contribution in [0.5, 0.6) is 5.75 Å². The average Bonchev–Trinajstić information content (AvgIpc) is 2.84. The molecule has 1 aliphatic heterocycles. The van der Waals surface area contributed by atoms with Crippen molar-refractivity contribution in [1.29, 1.82) is 0 Å². The van der Waals surface area contributed by atoms with Crippen LogP contribution in [0.4, 0.5) is 0 Å². The molecular weight excluding hydrogens is 176 g/mol. The molecule has 0 aromatic heterocycles. The highest BCUT2D eigenvalue weighted by Gasteiger charge is 2.39. The molecule has 76 valence electrons. The van der Waals surface area contributed by atoms with Gasteiger partial charge in [-0.2, -0.15) is 0 Å². The maximum atomic E-state index is 5.37. The highest BCUT2D eigenvalue weighted by atomic mass is 16.6. The summed E-state index contributed by atoms with van der Waals surface area (Å²) in [6, 6.07) is 6.31. The van der Waals surface area contributed by atoms with E-state index >= 15 is 0 Å². The molecule has 1 heterocycles. The largest absolute Gasteiger partial charge is 0.496 e. The fraction of sp³-hybridized carbons (Fsp3) is 0.500. The minimum absolute atomic E-state index is 0.0982. The van der Waals surface area contributed by atoms with Gasteiger partial charge in [-0.05, 0) is 31.0 Å². The minimum atomic E-state index is 0.0982. The van der Waals surface area contributed by atoms with Crippen molar-refractivity contribution in [3.63, 3.8) is 0 Å². The van der Waals surface area contributed by atoms with Gasteiger partial charge in [0.15, 0.2) is 0 Å². The Bertz CT molecular complexity index is 340. The molecule has 2 rings (SSSR count). The van der Waals surface area contributed by atoms with Crippen LogP contribution in [0.1, 0.15) is 18.1 Å². The van der Waals surface area contributed by atoms with E-state index in [-0.39, 0.29) is 5.60 Å². The van der Waals surface area contributed by atoms with Crippen LogP contribution in [0.2, 0.25) is 0 Å². The molecule has 1 fully saturated rings. The molecule has 0 saturated carbocycles. The summed E-state index contributed by atoms with van der Waals surface area (Å²) in [5, 5.41) is 0. The van der Waals surface area contributed by atoms with E-state index in [0.717, 1.165) is 18.8 Å². The summed E-state index contributed by atoms with van der Waals surface area (Å²) in [5.41, 5.74) is 2.61. The van der Waals surface area contributed by atoms with Crippen molar-refractivity contribution in [2.75, 3.05) is 13.7 Å². The predicted molar refractivity (Wildman–Crippen MR) is 55.8 cm³/mol. The van der Waals surface area contributed by atoms with Gasteiger partial charge in [-0.3, -0.25) is 0 Å². The second-order valence-corrected chi connectivity index (χ2v) is 4.22. The quantitative estimate of drug-likeness (QED) is 0.686. The number of rotatable bonds is 3. The summed E-state index contributed by atoms with van der Waals surface area (Å²) in [7, 11) is 1.70. The fourth-order valence-corrected chi connectivity index (χ4v) is 1.71. The molecule has 0 N–H and O–H groups in total. The second-order valence-electron chi connectivity index (χ2n) is 4.22. The molecule has 2 nitrogen and oxygen atoms in total. The third kappa shape index (κ3) is 1.90. The topological polar surface area (TPSA) is 21.8 Å². The van der Waals surface area contributed by atoms with Gasteiger partial charge in [-0.25, -0.2) is 0 Å². The third-order valence-corrected chi connectivity index (χ3v) is 2.67. The van der Waals surface area contributed by atoms with Gasteiger partial charge in [-0.1, -0.05) is 12.1 Å². The smallest absolute Gasteiger partial charge is 0.121 e. The Morgan fingerprint density at radius 3 is 2.71 bits per heavy atom. The van der Waals surface area contributed by atoms with Gasteiger partial charge < -0.3 is 9.47 Å². The van der Waals surface area contributed by atoms with Crippen molar-refractivity contribution in [3.05, 3.63) is 29.3 Å². The zero-order chi connectivity index (χ0) is 10.2. The van der Waals surface area contributed by atoms with Crippen LogP contribution in [-0.4, -0.2) is 19.3 Å². The van der Waals surface area contributed by atoms with Crippen LogP contribution in [0.15, 0.2) is 18.2 Å². The zero-order valence-corrected chi connectivity index (χ0v) is 8.96. The number of benzene rings is 1. The fourth-order valence-electron chi connectivity index (χ4n) is 1.71. The van der Waals surface area contributed by atoms with Gasteiger partial charge in [0, 0.05) is 6.42 Å². The normalized spacial score (nSPS) is 24.8. The van der Waals surface area contributed by atoms with Crippen molar-refractivity contribution in [2.45, 2.75) is 25.9 Å². The first kappa shape index (κ1) is 9.53. The standard InChI is InChI=1S/C12H16O2/c1-9-6-10(4-5-11(9)13-3)7-12(2)8-14-12/h4-6H,7-8H2,1-3H3. The summed E-state index contributed by atoms with van der Waals surface area (Å²) in [4.78, 5) is 0. The SMILES string of the molecule is COc1ccc(CC2(C)CO2)cc1C. The predicted octanol–water partition coefficient (Wildman–Crippen LogP) is 2.34. The molecular formula is C12H16O2. The van der Waals surface area contributed by atoms with Gasteiger partial charge in [0.1, 0.15) is 5.75 Å². The van der Waals surface area contributed by atoms with Crippen LogP contribution in [0.3, 0.4) is 0 Å². The lowest BCUT2D eigenvalue weighted by Gasteiger charge is -2.09. The highest BCUT2D eigenvalue weighted by molar-refractivity contribution is 5.36. The Morgan fingerprint density at radius 2 is 2.21 bits per heavy atom. The molecule has 1 aromatic carbocycles. The van der Waals surface area contributed by atoms with Gasteiger partial charge in [-0.15, -0.1) is 0 Å². The molecule has 0 radical (unpaired) electrons. The van der Waals surface area contributed by atoms with Crippen molar-refractivity contribution in [2.24, 2.45) is 0 Å².